The number of esters is 1. The molecule has 0 bridgehead atoms. The molecular formula is C28H21Cl2NO4. The van der Waals surface area contributed by atoms with E-state index in [4.69, 9.17) is 27.9 Å². The second-order valence-corrected chi connectivity index (χ2v) is 8.53. The Bertz CT molecular complexity index is 1360. The Morgan fingerprint density at radius 2 is 1.49 bits per heavy atom. The van der Waals surface area contributed by atoms with Gasteiger partial charge in [-0.2, -0.15) is 0 Å². The van der Waals surface area contributed by atoms with Gasteiger partial charge >= 0.3 is 5.97 Å². The quantitative estimate of drug-likeness (QED) is 0.138. The second-order valence-electron chi connectivity index (χ2n) is 7.71. The number of benzene rings is 4. The van der Waals surface area contributed by atoms with Crippen LogP contribution in [0.4, 0.5) is 11.4 Å². The Morgan fingerprint density at radius 3 is 2.23 bits per heavy atom. The van der Waals surface area contributed by atoms with Crippen LogP contribution in [0, 0.1) is 0 Å². The van der Waals surface area contributed by atoms with Crippen LogP contribution in [0.15, 0.2) is 84.9 Å². The molecule has 0 radical (unpaired) electrons. The van der Waals surface area contributed by atoms with E-state index in [0.717, 1.165) is 5.56 Å². The van der Waals surface area contributed by atoms with E-state index in [9.17, 15) is 15.0 Å². The Morgan fingerprint density at radius 1 is 0.800 bits per heavy atom. The van der Waals surface area contributed by atoms with Crippen LogP contribution in [0.25, 0.3) is 12.2 Å². The first-order valence-electron chi connectivity index (χ1n) is 10.7. The molecule has 0 aliphatic carbocycles. The molecule has 0 unspecified atom stereocenters. The van der Waals surface area contributed by atoms with Gasteiger partial charge in [0.05, 0.1) is 22.2 Å². The highest BCUT2D eigenvalue weighted by Crippen LogP contribution is 2.34. The van der Waals surface area contributed by atoms with E-state index in [2.05, 4.69) is 5.32 Å². The molecule has 0 aliphatic rings. The van der Waals surface area contributed by atoms with Crippen molar-refractivity contribution in [3.63, 3.8) is 0 Å². The number of carbonyl (C=O) groups excluding carboxylic acids is 1. The van der Waals surface area contributed by atoms with Crippen LogP contribution in [-0.4, -0.2) is 16.2 Å². The highest BCUT2D eigenvalue weighted by molar-refractivity contribution is 6.39. The fraction of sp³-hybridized carbons (Fsp3) is 0.0357. The van der Waals surface area contributed by atoms with Gasteiger partial charge in [0.15, 0.2) is 0 Å². The maximum atomic E-state index is 12.7. The van der Waals surface area contributed by atoms with Crippen LogP contribution in [0.1, 0.15) is 16.7 Å². The summed E-state index contributed by atoms with van der Waals surface area (Å²) in [6, 6.07) is 23.8. The molecule has 0 fully saturated rings. The van der Waals surface area contributed by atoms with Crippen molar-refractivity contribution in [2.24, 2.45) is 0 Å². The Balaban J connectivity index is 1.48. The van der Waals surface area contributed by atoms with Crippen LogP contribution in [0.2, 0.25) is 10.0 Å². The van der Waals surface area contributed by atoms with Gasteiger partial charge in [-0.05, 0) is 59.2 Å². The SMILES string of the molecule is O=C(Cc1ccccc1Nc1c(Cl)cccc1Cl)Oc1cc(O)cc(C=Cc2ccc(O)cc2)c1. The van der Waals surface area contributed by atoms with Crippen molar-refractivity contribution >= 4 is 52.7 Å². The number of halogens is 2. The summed E-state index contributed by atoms with van der Waals surface area (Å²) < 4.78 is 5.51. The van der Waals surface area contributed by atoms with Crippen molar-refractivity contribution in [2.45, 2.75) is 6.42 Å². The monoisotopic (exact) mass is 505 g/mol. The topological polar surface area (TPSA) is 78.8 Å². The second kappa shape index (κ2) is 11.0. The fourth-order valence-corrected chi connectivity index (χ4v) is 3.90. The van der Waals surface area contributed by atoms with Gasteiger partial charge in [-0.15, -0.1) is 0 Å². The van der Waals surface area contributed by atoms with Gasteiger partial charge in [0.2, 0.25) is 0 Å². The molecule has 0 amide bonds. The summed E-state index contributed by atoms with van der Waals surface area (Å²) in [7, 11) is 0. The molecule has 3 N–H and O–H groups in total. The van der Waals surface area contributed by atoms with Gasteiger partial charge < -0.3 is 20.3 Å². The third-order valence-electron chi connectivity index (χ3n) is 5.08. The van der Waals surface area contributed by atoms with Crippen LogP contribution >= 0.6 is 23.2 Å². The number of hydrogen-bond acceptors (Lipinski definition) is 5. The number of ether oxygens (including phenoxy) is 1. The smallest absolute Gasteiger partial charge is 0.315 e. The van der Waals surface area contributed by atoms with Crippen molar-refractivity contribution in [2.75, 3.05) is 5.32 Å². The van der Waals surface area contributed by atoms with Gasteiger partial charge in [-0.3, -0.25) is 4.79 Å². The van der Waals surface area contributed by atoms with E-state index in [1.807, 2.05) is 30.3 Å². The normalized spacial score (nSPS) is 10.9. The lowest BCUT2D eigenvalue weighted by Gasteiger charge is -2.14. The molecular weight excluding hydrogens is 485 g/mol. The first-order chi connectivity index (χ1) is 16.9. The molecule has 4 aromatic carbocycles. The number of phenols is 2. The van der Waals surface area contributed by atoms with E-state index in [1.165, 1.54) is 6.07 Å². The van der Waals surface area contributed by atoms with Gasteiger partial charge in [0.25, 0.3) is 0 Å². The minimum atomic E-state index is -0.497. The van der Waals surface area contributed by atoms with Crippen molar-refractivity contribution in [3.8, 4) is 17.2 Å². The lowest BCUT2D eigenvalue weighted by Crippen LogP contribution is -2.12. The van der Waals surface area contributed by atoms with Crippen molar-refractivity contribution in [1.82, 2.24) is 0 Å². The molecule has 4 rings (SSSR count). The van der Waals surface area contributed by atoms with Gasteiger partial charge in [-0.25, -0.2) is 0 Å². The Hall–Kier alpha value is -3.93. The van der Waals surface area contributed by atoms with Crippen molar-refractivity contribution in [3.05, 3.63) is 112 Å². The zero-order valence-electron chi connectivity index (χ0n) is 18.4. The molecule has 7 heteroatoms. The number of nitrogens with one attached hydrogen (secondary N) is 1. The molecule has 0 aliphatic heterocycles. The molecule has 0 atom stereocenters. The van der Waals surface area contributed by atoms with E-state index < -0.39 is 5.97 Å². The van der Waals surface area contributed by atoms with Gasteiger partial charge in [0.1, 0.15) is 17.2 Å². The summed E-state index contributed by atoms with van der Waals surface area (Å²) in [5.74, 6) is -0.125. The first-order valence-corrected chi connectivity index (χ1v) is 11.4. The molecule has 0 heterocycles. The summed E-state index contributed by atoms with van der Waals surface area (Å²) >= 11 is 12.5. The lowest BCUT2D eigenvalue weighted by atomic mass is 10.1. The molecule has 0 aromatic heterocycles. The van der Waals surface area contributed by atoms with E-state index in [1.54, 1.807) is 60.7 Å². The zero-order chi connectivity index (χ0) is 24.8. The molecule has 5 nitrogen and oxygen atoms in total. The predicted molar refractivity (Wildman–Crippen MR) is 141 cm³/mol. The Kier molecular flexibility index (Phi) is 7.60. The largest absolute Gasteiger partial charge is 0.508 e. The highest BCUT2D eigenvalue weighted by atomic mass is 35.5. The summed E-state index contributed by atoms with van der Waals surface area (Å²) in [5.41, 5.74) is 3.44. The molecule has 0 spiro atoms. The fourth-order valence-electron chi connectivity index (χ4n) is 3.41. The number of carbonyl (C=O) groups is 1. The predicted octanol–water partition coefficient (Wildman–Crippen LogP) is 7.47. The molecule has 176 valence electrons. The third-order valence-corrected chi connectivity index (χ3v) is 5.71. The van der Waals surface area contributed by atoms with Crippen LogP contribution in [0.5, 0.6) is 17.2 Å². The van der Waals surface area contributed by atoms with E-state index in [0.29, 0.717) is 32.5 Å². The standard InChI is InChI=1S/C28H21Cl2NO4/c29-24-5-3-6-25(30)28(24)31-26-7-2-1-4-20(26)16-27(34)35-23-15-19(14-22(33)17-23)9-8-18-10-12-21(32)13-11-18/h1-15,17,31-33H,16H2. The third kappa shape index (κ3) is 6.57. The van der Waals surface area contributed by atoms with Crippen molar-refractivity contribution in [1.29, 1.82) is 0 Å². The van der Waals surface area contributed by atoms with Crippen LogP contribution in [-0.2, 0) is 11.2 Å². The summed E-state index contributed by atoms with van der Waals surface area (Å²) in [6.07, 6.45) is 3.58. The van der Waals surface area contributed by atoms with E-state index >= 15 is 0 Å². The number of anilines is 2. The van der Waals surface area contributed by atoms with E-state index in [-0.39, 0.29) is 23.7 Å². The van der Waals surface area contributed by atoms with Crippen LogP contribution < -0.4 is 10.1 Å². The minimum absolute atomic E-state index is 0.0143. The molecule has 35 heavy (non-hydrogen) atoms. The average Bonchev–Trinajstić information content (AvgIpc) is 2.82. The summed E-state index contributed by atoms with van der Waals surface area (Å²) in [6.45, 7) is 0. The molecule has 0 saturated heterocycles. The minimum Gasteiger partial charge on any atom is -0.508 e. The van der Waals surface area contributed by atoms with Gasteiger partial charge in [-0.1, -0.05) is 71.8 Å². The Labute approximate surface area is 212 Å². The molecule has 0 saturated carbocycles. The summed E-state index contributed by atoms with van der Waals surface area (Å²) in [4.78, 5) is 12.7. The first kappa shape index (κ1) is 24.2. The number of aromatic hydroxyl groups is 2. The zero-order valence-corrected chi connectivity index (χ0v) is 19.9. The maximum absolute atomic E-state index is 12.7. The molecule has 4 aromatic rings. The number of hydrogen-bond donors (Lipinski definition) is 3. The van der Waals surface area contributed by atoms with Gasteiger partial charge in [0, 0.05) is 11.8 Å². The lowest BCUT2D eigenvalue weighted by molar-refractivity contribution is -0.133. The number of para-hydroxylation sites is 2. The summed E-state index contributed by atoms with van der Waals surface area (Å²) in [5, 5.41) is 23.6. The average molecular weight is 506 g/mol. The number of rotatable bonds is 7. The maximum Gasteiger partial charge on any atom is 0.315 e. The number of phenolic OH excluding ortho intramolecular Hbond substituents is 2. The van der Waals surface area contributed by atoms with Crippen LogP contribution in [0.3, 0.4) is 0 Å². The highest BCUT2D eigenvalue weighted by Gasteiger charge is 2.13. The van der Waals surface area contributed by atoms with Crippen molar-refractivity contribution < 1.29 is 19.7 Å².